The van der Waals surface area contributed by atoms with Crippen LogP contribution in [0, 0.1) is 5.82 Å². The molecular weight excluding hydrogens is 504 g/mol. The van der Waals surface area contributed by atoms with Crippen LogP contribution in [0.5, 0.6) is 0 Å². The molecule has 1 atom stereocenters. The number of carbonyl (C=O) groups is 2. The Kier molecular flexibility index (Phi) is 7.45. The molecule has 3 heterocycles. The van der Waals surface area contributed by atoms with Crippen molar-refractivity contribution in [1.29, 1.82) is 0 Å². The van der Waals surface area contributed by atoms with E-state index in [4.69, 9.17) is 5.73 Å². The highest BCUT2D eigenvalue weighted by molar-refractivity contribution is 5.78. The van der Waals surface area contributed by atoms with Crippen LogP contribution in [0.3, 0.4) is 0 Å². The number of nitrogens with two attached hydrogens (primary N) is 1. The Morgan fingerprint density at radius 3 is 2.51 bits per heavy atom. The average Bonchev–Trinajstić information content (AvgIpc) is 2.81. The number of nitrogens with zero attached hydrogens (tertiary/aromatic N) is 4. The van der Waals surface area contributed by atoms with Crippen LogP contribution in [-0.2, 0) is 35.2 Å². The number of alkyl halides is 5. The van der Waals surface area contributed by atoms with E-state index in [0.717, 1.165) is 4.90 Å². The lowest BCUT2D eigenvalue weighted by Crippen LogP contribution is -2.51. The zero-order chi connectivity index (χ0) is 27.0. The van der Waals surface area contributed by atoms with Gasteiger partial charge in [-0.05, 0) is 24.1 Å². The summed E-state index contributed by atoms with van der Waals surface area (Å²) < 4.78 is 81.8. The van der Waals surface area contributed by atoms with Gasteiger partial charge in [0.25, 0.3) is 5.92 Å². The summed E-state index contributed by atoms with van der Waals surface area (Å²) in [6, 6.07) is 4.29. The minimum absolute atomic E-state index is 0.0248. The topological polar surface area (TPSA) is 92.4 Å². The number of aromatic nitrogens is 2. The van der Waals surface area contributed by atoms with Crippen LogP contribution in [0.25, 0.3) is 0 Å². The number of hydrogen-bond acceptors (Lipinski definition) is 5. The molecule has 2 aliphatic rings. The van der Waals surface area contributed by atoms with Crippen molar-refractivity contribution in [3.8, 4) is 0 Å². The molecule has 0 radical (unpaired) electrons. The highest BCUT2D eigenvalue weighted by Crippen LogP contribution is 2.34. The fraction of sp³-hybridized carbons (Fsp3) is 0.500. The SMILES string of the molecule is N[C@@H](CC(=O)N1CCc2c(nc(Cc3ccc(F)cc3)nc2C(F)(F)F)C1)CN1CC(F)(F)CCC1=O. The molecule has 13 heteroatoms. The Hall–Kier alpha value is -3.22. The Morgan fingerprint density at radius 1 is 1.14 bits per heavy atom. The Labute approximate surface area is 208 Å². The molecule has 200 valence electrons. The van der Waals surface area contributed by atoms with E-state index in [1.807, 2.05) is 0 Å². The molecule has 1 saturated heterocycles. The third-order valence-electron chi connectivity index (χ3n) is 6.38. The maximum Gasteiger partial charge on any atom is 0.433 e. The van der Waals surface area contributed by atoms with Crippen molar-refractivity contribution in [1.82, 2.24) is 19.8 Å². The number of amides is 2. The van der Waals surface area contributed by atoms with Gasteiger partial charge in [-0.3, -0.25) is 9.59 Å². The molecule has 1 aromatic carbocycles. The van der Waals surface area contributed by atoms with Crippen LogP contribution in [0.4, 0.5) is 26.3 Å². The first-order chi connectivity index (χ1) is 17.3. The summed E-state index contributed by atoms with van der Waals surface area (Å²) in [6.07, 6.45) is -6.04. The molecule has 2 aliphatic heterocycles. The Morgan fingerprint density at radius 2 is 1.84 bits per heavy atom. The maximum absolute atomic E-state index is 13.8. The molecule has 0 aliphatic carbocycles. The lowest BCUT2D eigenvalue weighted by molar-refractivity contribution is -0.148. The van der Waals surface area contributed by atoms with Gasteiger partial charge in [-0.2, -0.15) is 13.2 Å². The second-order valence-corrected chi connectivity index (χ2v) is 9.37. The molecule has 7 nitrogen and oxygen atoms in total. The second-order valence-electron chi connectivity index (χ2n) is 9.37. The van der Waals surface area contributed by atoms with Crippen molar-refractivity contribution in [3.05, 3.63) is 58.4 Å². The van der Waals surface area contributed by atoms with E-state index < -0.39 is 54.4 Å². The van der Waals surface area contributed by atoms with Crippen LogP contribution >= 0.6 is 0 Å². The van der Waals surface area contributed by atoms with E-state index >= 15 is 0 Å². The summed E-state index contributed by atoms with van der Waals surface area (Å²) >= 11 is 0. The molecule has 37 heavy (non-hydrogen) atoms. The normalized spacial score (nSPS) is 18.5. The van der Waals surface area contributed by atoms with Crippen molar-refractivity contribution >= 4 is 11.8 Å². The van der Waals surface area contributed by atoms with E-state index in [1.54, 1.807) is 0 Å². The van der Waals surface area contributed by atoms with Crippen molar-refractivity contribution < 1.29 is 35.9 Å². The van der Waals surface area contributed by atoms with E-state index in [1.165, 1.54) is 29.2 Å². The van der Waals surface area contributed by atoms with Crippen molar-refractivity contribution in [2.24, 2.45) is 5.73 Å². The summed E-state index contributed by atoms with van der Waals surface area (Å²) in [5.74, 6) is -4.58. The number of piperidine rings is 1. The van der Waals surface area contributed by atoms with Gasteiger partial charge in [0, 0.05) is 50.4 Å². The van der Waals surface area contributed by atoms with Gasteiger partial charge < -0.3 is 15.5 Å². The molecule has 1 fully saturated rings. The minimum atomic E-state index is -4.73. The summed E-state index contributed by atoms with van der Waals surface area (Å²) in [7, 11) is 0. The summed E-state index contributed by atoms with van der Waals surface area (Å²) in [6.45, 7) is -1.22. The predicted molar refractivity (Wildman–Crippen MR) is 119 cm³/mol. The summed E-state index contributed by atoms with van der Waals surface area (Å²) in [4.78, 5) is 35.1. The van der Waals surface area contributed by atoms with Crippen molar-refractivity contribution in [3.63, 3.8) is 0 Å². The fourth-order valence-electron chi connectivity index (χ4n) is 4.55. The lowest BCUT2D eigenvalue weighted by Gasteiger charge is -2.34. The molecule has 2 aromatic rings. The van der Waals surface area contributed by atoms with Crippen molar-refractivity contribution in [2.75, 3.05) is 19.6 Å². The van der Waals surface area contributed by atoms with Crippen molar-refractivity contribution in [2.45, 2.75) is 56.8 Å². The van der Waals surface area contributed by atoms with Gasteiger partial charge >= 0.3 is 6.18 Å². The lowest BCUT2D eigenvalue weighted by atomic mass is 10.0. The molecule has 0 saturated carbocycles. The minimum Gasteiger partial charge on any atom is -0.336 e. The first-order valence-corrected chi connectivity index (χ1v) is 11.7. The number of benzene rings is 1. The van der Waals surface area contributed by atoms with E-state index in [9.17, 15) is 35.9 Å². The smallest absolute Gasteiger partial charge is 0.336 e. The molecular formula is C24H25F6N5O2. The van der Waals surface area contributed by atoms with Crippen LogP contribution < -0.4 is 5.73 Å². The molecule has 0 bridgehead atoms. The first-order valence-electron chi connectivity index (χ1n) is 11.7. The third kappa shape index (κ3) is 6.56. The van der Waals surface area contributed by atoms with Gasteiger partial charge in [0.1, 0.15) is 11.6 Å². The highest BCUT2D eigenvalue weighted by Gasteiger charge is 2.41. The molecule has 2 amide bonds. The zero-order valence-electron chi connectivity index (χ0n) is 19.7. The average molecular weight is 529 g/mol. The predicted octanol–water partition coefficient (Wildman–Crippen LogP) is 3.09. The molecule has 4 rings (SSSR count). The largest absolute Gasteiger partial charge is 0.433 e. The van der Waals surface area contributed by atoms with Crippen LogP contribution in [0.15, 0.2) is 24.3 Å². The molecule has 2 N–H and O–H groups in total. The molecule has 0 spiro atoms. The molecule has 1 aromatic heterocycles. The number of halogens is 6. The molecule has 0 unspecified atom stereocenters. The van der Waals surface area contributed by atoms with E-state index in [2.05, 4.69) is 9.97 Å². The van der Waals surface area contributed by atoms with Gasteiger partial charge in [-0.25, -0.2) is 23.1 Å². The van der Waals surface area contributed by atoms with Crippen LogP contribution in [-0.4, -0.2) is 63.2 Å². The highest BCUT2D eigenvalue weighted by atomic mass is 19.4. The van der Waals surface area contributed by atoms with Gasteiger partial charge in [0.15, 0.2) is 5.69 Å². The van der Waals surface area contributed by atoms with E-state index in [-0.39, 0.29) is 62.4 Å². The number of carbonyl (C=O) groups excluding carboxylic acids is 2. The first kappa shape index (κ1) is 26.8. The standard InChI is InChI=1S/C24H25F6N5O2/c25-15-3-1-14(2-4-15)9-19-32-18-12-34(8-6-17(18)22(33-19)24(28,29)30)21(37)10-16(31)11-35-13-23(26,27)7-5-20(35)36/h1-4,16H,5-13,31H2/t16-/m0/s1. The third-order valence-corrected chi connectivity index (χ3v) is 6.38. The van der Waals surface area contributed by atoms with Crippen LogP contribution in [0.1, 0.15) is 47.6 Å². The number of rotatable bonds is 6. The fourth-order valence-corrected chi connectivity index (χ4v) is 4.55. The quantitative estimate of drug-likeness (QED) is 0.581. The Balaban J connectivity index is 1.47. The van der Waals surface area contributed by atoms with Crippen LogP contribution in [0.2, 0.25) is 0 Å². The zero-order valence-corrected chi connectivity index (χ0v) is 19.7. The number of likely N-dealkylation sites (tertiary alicyclic amines) is 1. The monoisotopic (exact) mass is 529 g/mol. The number of fused-ring (bicyclic) bond motifs is 1. The van der Waals surface area contributed by atoms with Gasteiger partial charge in [-0.1, -0.05) is 12.1 Å². The van der Waals surface area contributed by atoms with Gasteiger partial charge in [0.05, 0.1) is 18.8 Å². The van der Waals surface area contributed by atoms with Gasteiger partial charge in [0.2, 0.25) is 11.8 Å². The Bertz CT molecular complexity index is 1170. The second kappa shape index (κ2) is 10.3. The summed E-state index contributed by atoms with van der Waals surface area (Å²) in [5, 5.41) is 0. The maximum atomic E-state index is 13.8. The van der Waals surface area contributed by atoms with Gasteiger partial charge in [-0.15, -0.1) is 0 Å². The summed E-state index contributed by atoms with van der Waals surface area (Å²) in [5.41, 5.74) is 5.38. The number of hydrogen-bond donors (Lipinski definition) is 1. The van der Waals surface area contributed by atoms with E-state index in [0.29, 0.717) is 5.56 Å².